The maximum absolute atomic E-state index is 12.4. The van der Waals surface area contributed by atoms with Crippen LogP contribution in [0.15, 0.2) is 18.7 Å². The van der Waals surface area contributed by atoms with Crippen molar-refractivity contribution < 1.29 is 4.79 Å². The quantitative estimate of drug-likeness (QED) is 0.808. The first kappa shape index (κ1) is 12.1. The van der Waals surface area contributed by atoms with Crippen molar-refractivity contribution in [1.29, 1.82) is 0 Å². The average molecular weight is 235 g/mol. The van der Waals surface area contributed by atoms with Gasteiger partial charge in [-0.1, -0.05) is 26.7 Å². The third-order valence-electron chi connectivity index (χ3n) is 3.30. The highest BCUT2D eigenvalue weighted by molar-refractivity contribution is 5.77. The highest BCUT2D eigenvalue weighted by atomic mass is 16.2. The second-order valence-corrected chi connectivity index (χ2v) is 5.24. The summed E-state index contributed by atoms with van der Waals surface area (Å²) in [4.78, 5) is 18.4. The number of carbonyl (C=O) groups is 1. The van der Waals surface area contributed by atoms with Crippen LogP contribution in [0.1, 0.15) is 39.5 Å². The summed E-state index contributed by atoms with van der Waals surface area (Å²) in [6.45, 7) is 5.15. The van der Waals surface area contributed by atoms with E-state index in [4.69, 9.17) is 0 Å². The summed E-state index contributed by atoms with van der Waals surface area (Å²) in [6.07, 6.45) is 9.75. The van der Waals surface area contributed by atoms with Crippen LogP contribution in [0.25, 0.3) is 0 Å². The number of rotatable bonds is 3. The molecule has 0 unspecified atom stereocenters. The molecule has 1 aromatic heterocycles. The molecule has 0 aromatic carbocycles. The molecule has 0 N–H and O–H groups in total. The molecule has 1 amide bonds. The van der Waals surface area contributed by atoms with Crippen LogP contribution in [0.5, 0.6) is 0 Å². The van der Waals surface area contributed by atoms with Crippen LogP contribution in [0.4, 0.5) is 4.79 Å². The minimum absolute atomic E-state index is 0.0723. The van der Waals surface area contributed by atoms with Gasteiger partial charge in [0.1, 0.15) is 6.33 Å². The molecule has 1 saturated carbocycles. The van der Waals surface area contributed by atoms with E-state index in [0.29, 0.717) is 12.0 Å². The molecule has 1 aliphatic carbocycles. The molecule has 1 heterocycles. The van der Waals surface area contributed by atoms with E-state index in [1.54, 1.807) is 23.3 Å². The van der Waals surface area contributed by atoms with Crippen molar-refractivity contribution >= 4 is 6.03 Å². The Bertz CT molecular complexity index is 353. The number of imidazole rings is 1. The van der Waals surface area contributed by atoms with E-state index in [1.165, 1.54) is 12.8 Å². The van der Waals surface area contributed by atoms with E-state index in [2.05, 4.69) is 18.8 Å². The topological polar surface area (TPSA) is 38.1 Å². The predicted molar refractivity (Wildman–Crippen MR) is 66.8 cm³/mol. The van der Waals surface area contributed by atoms with Crippen molar-refractivity contribution in [2.24, 2.45) is 5.92 Å². The standard InChI is InChI=1S/C13H21N3O/c1-11(2)9-16(12-5-3-4-6-12)13(17)15-8-7-14-10-15/h7-8,10-12H,3-6,9H2,1-2H3. The lowest BCUT2D eigenvalue weighted by molar-refractivity contribution is 0.167. The largest absolute Gasteiger partial charge is 0.329 e. The smallest absolute Gasteiger partial charge is 0.321 e. The van der Waals surface area contributed by atoms with Crippen LogP contribution < -0.4 is 0 Å². The van der Waals surface area contributed by atoms with Gasteiger partial charge in [-0.15, -0.1) is 0 Å². The Morgan fingerprint density at radius 3 is 2.71 bits per heavy atom. The maximum Gasteiger partial charge on any atom is 0.329 e. The molecule has 1 aliphatic rings. The van der Waals surface area contributed by atoms with E-state index in [1.807, 2.05) is 4.90 Å². The second kappa shape index (κ2) is 5.34. The normalized spacial score (nSPS) is 16.6. The third-order valence-corrected chi connectivity index (χ3v) is 3.30. The Morgan fingerprint density at radius 2 is 2.18 bits per heavy atom. The first-order valence-electron chi connectivity index (χ1n) is 6.47. The minimum atomic E-state index is 0.0723. The summed E-state index contributed by atoms with van der Waals surface area (Å²) in [6, 6.07) is 0.496. The Morgan fingerprint density at radius 1 is 1.47 bits per heavy atom. The first-order valence-corrected chi connectivity index (χ1v) is 6.47. The Balaban J connectivity index is 2.11. The highest BCUT2D eigenvalue weighted by Gasteiger charge is 2.27. The lowest BCUT2D eigenvalue weighted by atomic mass is 10.1. The highest BCUT2D eigenvalue weighted by Crippen LogP contribution is 2.24. The molecule has 0 spiro atoms. The van der Waals surface area contributed by atoms with Crippen LogP contribution in [-0.2, 0) is 0 Å². The van der Waals surface area contributed by atoms with Crippen molar-refractivity contribution in [3.05, 3.63) is 18.7 Å². The van der Waals surface area contributed by atoms with Gasteiger partial charge in [0, 0.05) is 25.0 Å². The van der Waals surface area contributed by atoms with Gasteiger partial charge in [0.2, 0.25) is 0 Å². The van der Waals surface area contributed by atoms with Crippen molar-refractivity contribution in [2.75, 3.05) is 6.54 Å². The fourth-order valence-electron chi connectivity index (χ4n) is 2.51. The zero-order valence-electron chi connectivity index (χ0n) is 10.7. The molecular weight excluding hydrogens is 214 g/mol. The molecule has 4 heteroatoms. The zero-order valence-corrected chi connectivity index (χ0v) is 10.7. The molecule has 2 rings (SSSR count). The molecule has 0 radical (unpaired) electrons. The summed E-state index contributed by atoms with van der Waals surface area (Å²) in [5.74, 6) is 0.503. The van der Waals surface area contributed by atoms with Gasteiger partial charge in [0.25, 0.3) is 0 Å². The van der Waals surface area contributed by atoms with Gasteiger partial charge in [0.15, 0.2) is 0 Å². The Labute approximate surface area is 103 Å². The number of hydrogen-bond donors (Lipinski definition) is 0. The van der Waals surface area contributed by atoms with Gasteiger partial charge in [-0.05, 0) is 18.8 Å². The Hall–Kier alpha value is -1.32. The van der Waals surface area contributed by atoms with Crippen molar-refractivity contribution in [2.45, 2.75) is 45.6 Å². The van der Waals surface area contributed by atoms with E-state index < -0.39 is 0 Å². The van der Waals surface area contributed by atoms with Gasteiger partial charge in [-0.25, -0.2) is 9.78 Å². The summed E-state index contributed by atoms with van der Waals surface area (Å²) in [7, 11) is 0. The molecule has 4 nitrogen and oxygen atoms in total. The molecule has 0 aliphatic heterocycles. The monoisotopic (exact) mass is 235 g/mol. The molecule has 17 heavy (non-hydrogen) atoms. The molecule has 0 saturated heterocycles. The van der Waals surface area contributed by atoms with Crippen LogP contribution in [0, 0.1) is 5.92 Å². The fraction of sp³-hybridized carbons (Fsp3) is 0.692. The number of carbonyl (C=O) groups excluding carboxylic acids is 1. The molecule has 94 valence electrons. The van der Waals surface area contributed by atoms with E-state index >= 15 is 0 Å². The summed E-state index contributed by atoms with van der Waals surface area (Å²) in [5.41, 5.74) is 0. The van der Waals surface area contributed by atoms with E-state index in [9.17, 15) is 4.79 Å². The van der Waals surface area contributed by atoms with Crippen molar-refractivity contribution in [1.82, 2.24) is 14.5 Å². The SMILES string of the molecule is CC(C)CN(C(=O)n1ccnc1)C1CCCC1. The summed E-state index contributed by atoms with van der Waals surface area (Å²) in [5, 5.41) is 0. The number of hydrogen-bond acceptors (Lipinski definition) is 2. The van der Waals surface area contributed by atoms with Gasteiger partial charge >= 0.3 is 6.03 Å². The minimum Gasteiger partial charge on any atom is -0.321 e. The third kappa shape index (κ3) is 2.87. The second-order valence-electron chi connectivity index (χ2n) is 5.24. The van der Waals surface area contributed by atoms with Crippen molar-refractivity contribution in [3.63, 3.8) is 0 Å². The van der Waals surface area contributed by atoms with E-state index in [0.717, 1.165) is 19.4 Å². The zero-order chi connectivity index (χ0) is 12.3. The molecule has 1 fully saturated rings. The lowest BCUT2D eigenvalue weighted by Crippen LogP contribution is -2.43. The molecule has 1 aromatic rings. The average Bonchev–Trinajstić information content (AvgIpc) is 2.96. The molecule has 0 bridgehead atoms. The molecule has 0 atom stereocenters. The van der Waals surface area contributed by atoms with Gasteiger partial charge in [-0.2, -0.15) is 0 Å². The predicted octanol–water partition coefficient (Wildman–Crippen LogP) is 2.75. The number of aromatic nitrogens is 2. The Kier molecular flexibility index (Phi) is 3.82. The van der Waals surface area contributed by atoms with Crippen LogP contribution >= 0.6 is 0 Å². The van der Waals surface area contributed by atoms with Gasteiger partial charge < -0.3 is 4.90 Å². The summed E-state index contributed by atoms with van der Waals surface area (Å²) < 4.78 is 1.58. The van der Waals surface area contributed by atoms with Crippen LogP contribution in [0.3, 0.4) is 0 Å². The number of nitrogens with zero attached hydrogens (tertiary/aromatic N) is 3. The van der Waals surface area contributed by atoms with E-state index in [-0.39, 0.29) is 6.03 Å². The first-order chi connectivity index (χ1) is 8.18. The maximum atomic E-state index is 12.4. The number of amides is 1. The van der Waals surface area contributed by atoms with Gasteiger partial charge in [-0.3, -0.25) is 4.57 Å². The molecular formula is C13H21N3O. The summed E-state index contributed by atoms with van der Waals surface area (Å²) >= 11 is 0. The lowest BCUT2D eigenvalue weighted by Gasteiger charge is -2.30. The van der Waals surface area contributed by atoms with Gasteiger partial charge in [0.05, 0.1) is 0 Å². The van der Waals surface area contributed by atoms with Crippen LogP contribution in [-0.4, -0.2) is 33.1 Å². The van der Waals surface area contributed by atoms with Crippen molar-refractivity contribution in [3.8, 4) is 0 Å². The fourth-order valence-corrected chi connectivity index (χ4v) is 2.51. The van der Waals surface area contributed by atoms with Crippen LogP contribution in [0.2, 0.25) is 0 Å².